The first-order chi connectivity index (χ1) is 9.60. The van der Waals surface area contributed by atoms with Gasteiger partial charge in [-0.15, -0.1) is 11.3 Å². The van der Waals surface area contributed by atoms with Crippen molar-refractivity contribution in [2.75, 3.05) is 14.1 Å². The number of hydrogen-bond donors (Lipinski definition) is 1. The Labute approximate surface area is 132 Å². The molecule has 0 unspecified atom stereocenters. The van der Waals surface area contributed by atoms with Crippen molar-refractivity contribution in [3.05, 3.63) is 44.8 Å². The molecular weight excluding hydrogens is 336 g/mol. The van der Waals surface area contributed by atoms with Crippen LogP contribution in [0.3, 0.4) is 0 Å². The fourth-order valence-corrected chi connectivity index (χ4v) is 3.40. The maximum Gasteiger partial charge on any atom is 0.194 e. The number of guanidine groups is 1. The first-order valence-electron chi connectivity index (χ1n) is 6.36. The molecular formula is C14H19BrN4S. The Balaban J connectivity index is 1.93. The van der Waals surface area contributed by atoms with Crippen LogP contribution in [0.1, 0.15) is 10.6 Å². The summed E-state index contributed by atoms with van der Waals surface area (Å²) in [6, 6.07) is 8.37. The van der Waals surface area contributed by atoms with E-state index in [1.807, 2.05) is 14.1 Å². The normalized spacial score (nSPS) is 11.7. The van der Waals surface area contributed by atoms with Crippen LogP contribution in [0.25, 0.3) is 0 Å². The van der Waals surface area contributed by atoms with Gasteiger partial charge in [-0.05, 0) is 40.2 Å². The standard InChI is InChI=1S/C14H19BrN4S/c1-16-14(17-9-12-6-7-13(15)20-12)19(3)10-11-5-4-8-18(11)2/h4-8H,9-10H2,1-3H3,(H,16,17). The second-order valence-electron chi connectivity index (χ2n) is 4.57. The number of aliphatic imine (C=N–C) groups is 1. The molecule has 0 saturated carbocycles. The van der Waals surface area contributed by atoms with Gasteiger partial charge in [0.15, 0.2) is 5.96 Å². The molecule has 20 heavy (non-hydrogen) atoms. The predicted octanol–water partition coefficient (Wildman–Crippen LogP) is 3.06. The van der Waals surface area contributed by atoms with Crippen LogP contribution in [-0.2, 0) is 20.1 Å². The molecule has 0 aliphatic rings. The highest BCUT2D eigenvalue weighted by atomic mass is 79.9. The monoisotopic (exact) mass is 354 g/mol. The summed E-state index contributed by atoms with van der Waals surface area (Å²) in [6.45, 7) is 1.62. The van der Waals surface area contributed by atoms with E-state index in [2.05, 4.69) is 73.2 Å². The summed E-state index contributed by atoms with van der Waals surface area (Å²) in [6.07, 6.45) is 2.06. The van der Waals surface area contributed by atoms with Crippen molar-refractivity contribution in [1.82, 2.24) is 14.8 Å². The predicted molar refractivity (Wildman–Crippen MR) is 89.1 cm³/mol. The zero-order valence-corrected chi connectivity index (χ0v) is 14.3. The second-order valence-corrected chi connectivity index (χ2v) is 7.12. The number of aryl methyl sites for hydroxylation is 1. The molecule has 4 nitrogen and oxygen atoms in total. The van der Waals surface area contributed by atoms with E-state index in [0.29, 0.717) is 0 Å². The smallest absolute Gasteiger partial charge is 0.194 e. The van der Waals surface area contributed by atoms with Crippen LogP contribution in [0.4, 0.5) is 0 Å². The second kappa shape index (κ2) is 6.95. The molecule has 2 aromatic heterocycles. The molecule has 2 heterocycles. The third-order valence-electron chi connectivity index (χ3n) is 3.07. The van der Waals surface area contributed by atoms with Gasteiger partial charge in [-0.25, -0.2) is 0 Å². The Morgan fingerprint density at radius 3 is 2.80 bits per heavy atom. The van der Waals surface area contributed by atoms with Crippen LogP contribution in [0, 0.1) is 0 Å². The van der Waals surface area contributed by atoms with Gasteiger partial charge >= 0.3 is 0 Å². The van der Waals surface area contributed by atoms with E-state index in [1.54, 1.807) is 11.3 Å². The van der Waals surface area contributed by atoms with Crippen LogP contribution in [0.15, 0.2) is 39.2 Å². The summed E-state index contributed by atoms with van der Waals surface area (Å²) in [5.74, 6) is 0.899. The minimum atomic E-state index is 0.792. The van der Waals surface area contributed by atoms with Gasteiger partial charge in [-0.2, -0.15) is 0 Å². The van der Waals surface area contributed by atoms with Crippen molar-refractivity contribution in [3.8, 4) is 0 Å². The number of aromatic nitrogens is 1. The summed E-state index contributed by atoms with van der Waals surface area (Å²) >= 11 is 5.22. The number of rotatable bonds is 4. The molecule has 0 atom stereocenters. The van der Waals surface area contributed by atoms with E-state index in [1.165, 1.54) is 10.6 Å². The maximum absolute atomic E-state index is 4.34. The average molecular weight is 355 g/mol. The molecule has 0 bridgehead atoms. The third-order valence-corrected chi connectivity index (χ3v) is 4.70. The first kappa shape index (κ1) is 15.1. The lowest BCUT2D eigenvalue weighted by Crippen LogP contribution is -2.38. The van der Waals surface area contributed by atoms with E-state index in [9.17, 15) is 0 Å². The first-order valence-corrected chi connectivity index (χ1v) is 7.97. The highest BCUT2D eigenvalue weighted by molar-refractivity contribution is 9.11. The zero-order chi connectivity index (χ0) is 14.5. The Hall–Kier alpha value is -1.27. The number of nitrogens with zero attached hydrogens (tertiary/aromatic N) is 3. The lowest BCUT2D eigenvalue weighted by molar-refractivity contribution is 0.462. The molecule has 0 fully saturated rings. The largest absolute Gasteiger partial charge is 0.353 e. The SMILES string of the molecule is CN=C(NCc1ccc(Br)s1)N(C)Cc1cccn1C. The van der Waals surface area contributed by atoms with E-state index in [0.717, 1.165) is 22.8 Å². The number of nitrogens with one attached hydrogen (secondary N) is 1. The van der Waals surface area contributed by atoms with Gasteiger partial charge in [0.05, 0.1) is 16.9 Å². The van der Waals surface area contributed by atoms with E-state index >= 15 is 0 Å². The van der Waals surface area contributed by atoms with Crippen molar-refractivity contribution < 1.29 is 0 Å². The minimum Gasteiger partial charge on any atom is -0.353 e. The molecule has 0 spiro atoms. The van der Waals surface area contributed by atoms with Crippen molar-refractivity contribution in [2.24, 2.45) is 12.0 Å². The van der Waals surface area contributed by atoms with Crippen molar-refractivity contribution in [2.45, 2.75) is 13.1 Å². The lowest BCUT2D eigenvalue weighted by Gasteiger charge is -2.22. The Bertz CT molecular complexity index is 588. The Morgan fingerprint density at radius 2 is 2.25 bits per heavy atom. The summed E-state index contributed by atoms with van der Waals surface area (Å²) in [7, 11) is 5.92. The van der Waals surface area contributed by atoms with Crippen molar-refractivity contribution in [1.29, 1.82) is 0 Å². The topological polar surface area (TPSA) is 32.6 Å². The Morgan fingerprint density at radius 1 is 1.45 bits per heavy atom. The lowest BCUT2D eigenvalue weighted by atomic mass is 10.4. The molecule has 0 aliphatic carbocycles. The van der Waals surface area contributed by atoms with Crippen LogP contribution in [0.2, 0.25) is 0 Å². The molecule has 2 aromatic rings. The minimum absolute atomic E-state index is 0.792. The van der Waals surface area contributed by atoms with Crippen LogP contribution < -0.4 is 5.32 Å². The average Bonchev–Trinajstić information content (AvgIpc) is 3.00. The summed E-state index contributed by atoms with van der Waals surface area (Å²) in [5.41, 5.74) is 1.26. The fraction of sp³-hybridized carbons (Fsp3) is 0.357. The van der Waals surface area contributed by atoms with Gasteiger partial charge in [-0.1, -0.05) is 0 Å². The van der Waals surface area contributed by atoms with Gasteiger partial charge in [0.2, 0.25) is 0 Å². The van der Waals surface area contributed by atoms with Gasteiger partial charge in [-0.3, -0.25) is 4.99 Å². The highest BCUT2D eigenvalue weighted by Gasteiger charge is 2.08. The summed E-state index contributed by atoms with van der Waals surface area (Å²) in [5, 5.41) is 3.39. The number of thiophene rings is 1. The quantitative estimate of drug-likeness (QED) is 0.675. The number of hydrogen-bond acceptors (Lipinski definition) is 2. The van der Waals surface area contributed by atoms with Crippen LogP contribution in [-0.4, -0.2) is 29.5 Å². The molecule has 108 valence electrons. The molecule has 0 amide bonds. The summed E-state index contributed by atoms with van der Waals surface area (Å²) < 4.78 is 3.28. The summed E-state index contributed by atoms with van der Waals surface area (Å²) in [4.78, 5) is 7.74. The molecule has 0 radical (unpaired) electrons. The van der Waals surface area contributed by atoms with E-state index in [-0.39, 0.29) is 0 Å². The highest BCUT2D eigenvalue weighted by Crippen LogP contribution is 2.21. The van der Waals surface area contributed by atoms with Gasteiger partial charge in [0.1, 0.15) is 0 Å². The van der Waals surface area contributed by atoms with Gasteiger partial charge in [0, 0.05) is 37.9 Å². The number of halogens is 1. The van der Waals surface area contributed by atoms with Gasteiger partial charge < -0.3 is 14.8 Å². The Kier molecular flexibility index (Phi) is 5.25. The molecule has 2 rings (SSSR count). The van der Waals surface area contributed by atoms with Crippen molar-refractivity contribution in [3.63, 3.8) is 0 Å². The van der Waals surface area contributed by atoms with Gasteiger partial charge in [0.25, 0.3) is 0 Å². The van der Waals surface area contributed by atoms with E-state index in [4.69, 9.17) is 0 Å². The van der Waals surface area contributed by atoms with Crippen molar-refractivity contribution >= 4 is 33.2 Å². The molecule has 6 heteroatoms. The maximum atomic E-state index is 4.34. The third kappa shape index (κ3) is 3.86. The molecule has 0 aliphatic heterocycles. The molecule has 1 N–H and O–H groups in total. The fourth-order valence-electron chi connectivity index (χ4n) is 1.98. The van der Waals surface area contributed by atoms with E-state index < -0.39 is 0 Å². The van der Waals surface area contributed by atoms with Crippen LogP contribution >= 0.6 is 27.3 Å². The van der Waals surface area contributed by atoms with Crippen LogP contribution in [0.5, 0.6) is 0 Å². The molecule has 0 aromatic carbocycles. The molecule has 0 saturated heterocycles. The zero-order valence-electron chi connectivity index (χ0n) is 11.9.